The van der Waals surface area contributed by atoms with Gasteiger partial charge in [0.15, 0.2) is 11.5 Å². The summed E-state index contributed by atoms with van der Waals surface area (Å²) in [4.78, 5) is 49.3. The van der Waals surface area contributed by atoms with Gasteiger partial charge in [0.05, 0.1) is 25.0 Å². The Labute approximate surface area is 229 Å². The Balaban J connectivity index is 1.65. The number of carbonyl (C=O) groups excluding carboxylic acids is 3. The number of nitrogens with two attached hydrogens (primary N) is 1. The molecule has 0 atom stereocenters. The molecule has 1 fully saturated rings. The summed E-state index contributed by atoms with van der Waals surface area (Å²) in [6.07, 6.45) is 6.54. The molecule has 0 spiro atoms. The minimum Gasteiger partial charge on any atom is -0.497 e. The number of hydrogen-bond donors (Lipinski definition) is 3. The Bertz CT molecular complexity index is 1220. The number of carbonyl (C=O) groups is 3. The standard InChI is InChI=1S/C28H39N7O4/c1-6-22-25(19-9-10-19)33-28(26(32-22)27(29)38)31-20-14-18(15-21(16-20)39-5)11-12-30-23(36)17-35(4)24(37)8-7-13-34(2)3/h7-8,14-16,19H,6,9-13,17H2,1-5H3,(H2,29,38)(H,30,36)(H,31,33)/b8-7+. The molecule has 0 unspecified atom stereocenters. The van der Waals surface area contributed by atoms with Crippen molar-refractivity contribution < 1.29 is 19.1 Å². The van der Waals surface area contributed by atoms with E-state index in [-0.39, 0.29) is 24.1 Å². The second kappa shape index (κ2) is 13.7. The van der Waals surface area contributed by atoms with Crippen LogP contribution in [0.15, 0.2) is 30.4 Å². The van der Waals surface area contributed by atoms with Gasteiger partial charge in [0.1, 0.15) is 5.75 Å². The van der Waals surface area contributed by atoms with Crippen molar-refractivity contribution in [1.82, 2.24) is 25.1 Å². The quantitative estimate of drug-likeness (QED) is 0.311. The molecule has 3 amide bonds. The molecule has 1 aromatic carbocycles. The highest BCUT2D eigenvalue weighted by molar-refractivity contribution is 5.96. The fourth-order valence-corrected chi connectivity index (χ4v) is 4.00. The SMILES string of the molecule is CCc1nc(C(N)=O)c(Nc2cc(CCNC(=O)CN(C)C(=O)/C=C/CN(C)C)cc(OC)c2)nc1C1CC1. The molecular formula is C28H39N7O4. The van der Waals surface area contributed by atoms with Crippen LogP contribution in [-0.2, 0) is 22.4 Å². The monoisotopic (exact) mass is 537 g/mol. The van der Waals surface area contributed by atoms with Gasteiger partial charge < -0.3 is 30.9 Å². The zero-order valence-corrected chi connectivity index (χ0v) is 23.4. The summed E-state index contributed by atoms with van der Waals surface area (Å²) in [5, 5.41) is 6.06. The first-order valence-corrected chi connectivity index (χ1v) is 13.1. The lowest BCUT2D eigenvalue weighted by Gasteiger charge is -2.16. The third kappa shape index (κ3) is 8.78. The topological polar surface area (TPSA) is 143 Å². The molecule has 0 saturated heterocycles. The molecule has 1 aromatic heterocycles. The van der Waals surface area contributed by atoms with E-state index in [4.69, 9.17) is 15.5 Å². The van der Waals surface area contributed by atoms with Gasteiger partial charge in [0.25, 0.3) is 5.91 Å². The molecular weight excluding hydrogens is 498 g/mol. The van der Waals surface area contributed by atoms with Crippen LogP contribution in [0.3, 0.4) is 0 Å². The van der Waals surface area contributed by atoms with Crippen LogP contribution in [-0.4, -0.2) is 85.4 Å². The number of ether oxygens (including phenoxy) is 1. The molecule has 0 radical (unpaired) electrons. The molecule has 1 heterocycles. The largest absolute Gasteiger partial charge is 0.497 e. The minimum absolute atomic E-state index is 0.0400. The fourth-order valence-electron chi connectivity index (χ4n) is 4.00. The molecule has 1 aliphatic rings. The van der Waals surface area contributed by atoms with Crippen LogP contribution in [0.1, 0.15) is 53.1 Å². The van der Waals surface area contributed by atoms with Gasteiger partial charge in [-0.25, -0.2) is 9.97 Å². The Hall–Kier alpha value is -3.99. The van der Waals surface area contributed by atoms with Crippen LogP contribution in [0, 0.1) is 0 Å². The van der Waals surface area contributed by atoms with Crippen LogP contribution in [0.4, 0.5) is 11.5 Å². The van der Waals surface area contributed by atoms with Gasteiger partial charge in [-0.2, -0.15) is 0 Å². The molecule has 11 heteroatoms. The second-order valence-corrected chi connectivity index (χ2v) is 9.90. The van der Waals surface area contributed by atoms with Crippen molar-refractivity contribution in [2.24, 2.45) is 5.73 Å². The number of anilines is 2. The number of benzene rings is 1. The summed E-state index contributed by atoms with van der Waals surface area (Å²) in [6.45, 7) is 2.96. The van der Waals surface area contributed by atoms with Crippen LogP contribution in [0.2, 0.25) is 0 Å². The van der Waals surface area contributed by atoms with E-state index in [0.29, 0.717) is 49.1 Å². The maximum atomic E-state index is 12.4. The minimum atomic E-state index is -0.649. The number of nitrogens with one attached hydrogen (secondary N) is 2. The highest BCUT2D eigenvalue weighted by Crippen LogP contribution is 2.41. The molecule has 2 aromatic rings. The van der Waals surface area contributed by atoms with Gasteiger partial charge in [0.2, 0.25) is 11.8 Å². The number of primary amides is 1. The summed E-state index contributed by atoms with van der Waals surface area (Å²) in [5.74, 6) is 0.162. The molecule has 4 N–H and O–H groups in total. The summed E-state index contributed by atoms with van der Waals surface area (Å²) >= 11 is 0. The Morgan fingerprint density at radius 1 is 1.15 bits per heavy atom. The zero-order valence-electron chi connectivity index (χ0n) is 23.4. The lowest BCUT2D eigenvalue weighted by molar-refractivity contribution is -0.131. The van der Waals surface area contributed by atoms with E-state index in [1.807, 2.05) is 38.1 Å². The fraction of sp³-hybridized carbons (Fsp3) is 0.464. The highest BCUT2D eigenvalue weighted by atomic mass is 16.5. The smallest absolute Gasteiger partial charge is 0.271 e. The number of aryl methyl sites for hydroxylation is 1. The summed E-state index contributed by atoms with van der Waals surface area (Å²) in [7, 11) is 6.98. The average molecular weight is 538 g/mol. The lowest BCUT2D eigenvalue weighted by atomic mass is 10.1. The number of amides is 3. The lowest BCUT2D eigenvalue weighted by Crippen LogP contribution is -2.38. The predicted molar refractivity (Wildman–Crippen MR) is 150 cm³/mol. The highest BCUT2D eigenvalue weighted by Gasteiger charge is 2.30. The van der Waals surface area contributed by atoms with Crippen molar-refractivity contribution in [2.75, 3.05) is 53.2 Å². The molecule has 11 nitrogen and oxygen atoms in total. The van der Waals surface area contributed by atoms with Crippen LogP contribution >= 0.6 is 0 Å². The van der Waals surface area contributed by atoms with Crippen LogP contribution < -0.4 is 21.1 Å². The maximum Gasteiger partial charge on any atom is 0.271 e. The van der Waals surface area contributed by atoms with Crippen molar-refractivity contribution in [3.8, 4) is 5.75 Å². The van der Waals surface area contributed by atoms with Crippen molar-refractivity contribution >= 4 is 29.2 Å². The van der Waals surface area contributed by atoms with Gasteiger partial charge in [-0.05, 0) is 57.5 Å². The summed E-state index contributed by atoms with van der Waals surface area (Å²) in [5.41, 5.74) is 9.00. The van der Waals surface area contributed by atoms with Crippen LogP contribution in [0.5, 0.6) is 5.75 Å². The van der Waals surface area contributed by atoms with Crippen molar-refractivity contribution in [1.29, 1.82) is 0 Å². The van der Waals surface area contributed by atoms with E-state index >= 15 is 0 Å². The van der Waals surface area contributed by atoms with E-state index in [9.17, 15) is 14.4 Å². The van der Waals surface area contributed by atoms with Crippen molar-refractivity contribution in [2.45, 2.75) is 38.5 Å². The third-order valence-corrected chi connectivity index (χ3v) is 6.22. The normalized spacial score (nSPS) is 13.0. The molecule has 0 bridgehead atoms. The van der Waals surface area contributed by atoms with E-state index in [1.54, 1.807) is 26.3 Å². The second-order valence-electron chi connectivity index (χ2n) is 9.90. The average Bonchev–Trinajstić information content (AvgIpc) is 3.73. The number of rotatable bonds is 14. The number of likely N-dealkylation sites (N-methyl/N-ethyl adjacent to an activating group) is 2. The van der Waals surface area contributed by atoms with E-state index in [2.05, 4.69) is 15.6 Å². The molecule has 0 aliphatic heterocycles. The Kier molecular flexibility index (Phi) is 10.4. The van der Waals surface area contributed by atoms with Gasteiger partial charge in [-0.1, -0.05) is 13.0 Å². The maximum absolute atomic E-state index is 12.4. The number of aromatic nitrogens is 2. The molecule has 210 valence electrons. The van der Waals surface area contributed by atoms with Crippen molar-refractivity contribution in [3.05, 3.63) is 53.0 Å². The third-order valence-electron chi connectivity index (χ3n) is 6.22. The molecule has 1 saturated carbocycles. The molecule has 39 heavy (non-hydrogen) atoms. The van der Waals surface area contributed by atoms with Crippen molar-refractivity contribution in [3.63, 3.8) is 0 Å². The first-order chi connectivity index (χ1) is 18.6. The number of hydrogen-bond acceptors (Lipinski definition) is 8. The van der Waals surface area contributed by atoms with Gasteiger partial charge in [0, 0.05) is 43.9 Å². The van der Waals surface area contributed by atoms with E-state index in [1.165, 1.54) is 11.0 Å². The van der Waals surface area contributed by atoms with Crippen LogP contribution in [0.25, 0.3) is 0 Å². The summed E-state index contributed by atoms with van der Waals surface area (Å²) in [6, 6.07) is 5.57. The Morgan fingerprint density at radius 2 is 1.90 bits per heavy atom. The molecule has 1 aliphatic carbocycles. The predicted octanol–water partition coefficient (Wildman–Crippen LogP) is 2.00. The zero-order chi connectivity index (χ0) is 28.5. The van der Waals surface area contributed by atoms with Gasteiger partial charge in [-0.15, -0.1) is 0 Å². The molecule has 3 rings (SSSR count). The van der Waals surface area contributed by atoms with E-state index in [0.717, 1.165) is 29.8 Å². The number of nitrogens with zero attached hydrogens (tertiary/aromatic N) is 4. The van der Waals surface area contributed by atoms with Gasteiger partial charge >= 0.3 is 0 Å². The van der Waals surface area contributed by atoms with E-state index < -0.39 is 5.91 Å². The first-order valence-electron chi connectivity index (χ1n) is 13.1. The summed E-state index contributed by atoms with van der Waals surface area (Å²) < 4.78 is 5.46. The Morgan fingerprint density at radius 3 is 2.51 bits per heavy atom. The first kappa shape index (κ1) is 29.6. The number of methoxy groups -OCH3 is 1. The van der Waals surface area contributed by atoms with Gasteiger partial charge in [-0.3, -0.25) is 14.4 Å².